The molecule has 2 aromatic carbocycles. The van der Waals surface area contributed by atoms with Crippen LogP contribution in [-0.2, 0) is 32.0 Å². The lowest BCUT2D eigenvalue weighted by Crippen LogP contribution is -2.54. The molecule has 3 N–H and O–H groups in total. The molecule has 226 valence electrons. The van der Waals surface area contributed by atoms with E-state index in [1.807, 2.05) is 12.1 Å². The van der Waals surface area contributed by atoms with E-state index in [2.05, 4.69) is 22.0 Å². The van der Waals surface area contributed by atoms with Crippen molar-refractivity contribution >= 4 is 35.4 Å². The van der Waals surface area contributed by atoms with Gasteiger partial charge in [0.15, 0.2) is 13.2 Å². The number of ether oxygens (including phenoxy) is 2. The summed E-state index contributed by atoms with van der Waals surface area (Å²) in [5, 5.41) is 7.74. The van der Waals surface area contributed by atoms with Gasteiger partial charge in [0.05, 0.1) is 11.1 Å². The van der Waals surface area contributed by atoms with Crippen molar-refractivity contribution in [1.82, 2.24) is 20.9 Å². The van der Waals surface area contributed by atoms with E-state index in [0.717, 1.165) is 37.0 Å². The number of hydrogen-bond donors (Lipinski definition) is 3. The van der Waals surface area contributed by atoms with Crippen molar-refractivity contribution in [1.29, 1.82) is 0 Å². The Hall–Kier alpha value is -4.74. The Morgan fingerprint density at radius 2 is 1.56 bits per heavy atom. The van der Waals surface area contributed by atoms with Gasteiger partial charge in [-0.1, -0.05) is 12.1 Å². The normalized spacial score (nSPS) is 17.3. The van der Waals surface area contributed by atoms with E-state index >= 15 is 0 Å². The van der Waals surface area contributed by atoms with Crippen LogP contribution in [0.3, 0.4) is 0 Å². The van der Waals surface area contributed by atoms with Gasteiger partial charge in [-0.3, -0.25) is 39.0 Å². The largest absolute Gasteiger partial charge is 0.484 e. The zero-order valence-electron chi connectivity index (χ0n) is 23.7. The standard InChI is InChI=1S/C31H34N4O8/c36-25-13-12-23(29(39)34-25)35-30(40)22-8-5-9-24(28(22)31(35)41)43-18-27(38)33-15-3-1-2-14-32-26(37)17-42-21-11-10-19-6-4-7-20(19)16-21/h5,8-11,16,23H,1-4,6-7,12-15,17-18H2,(H,32,37)(H,33,38)(H,34,36,39). The number of benzene rings is 2. The van der Waals surface area contributed by atoms with Crippen LogP contribution in [0.5, 0.6) is 11.5 Å². The number of carbonyl (C=O) groups excluding carboxylic acids is 6. The first-order chi connectivity index (χ1) is 20.8. The first-order valence-corrected chi connectivity index (χ1v) is 14.6. The minimum absolute atomic E-state index is 0.00952. The van der Waals surface area contributed by atoms with E-state index in [9.17, 15) is 28.8 Å². The van der Waals surface area contributed by atoms with E-state index in [4.69, 9.17) is 9.47 Å². The average molecular weight is 591 g/mol. The number of imide groups is 2. The highest BCUT2D eigenvalue weighted by Gasteiger charge is 2.46. The third-order valence-electron chi connectivity index (χ3n) is 7.73. The number of unbranched alkanes of at least 4 members (excludes halogenated alkanes) is 2. The third kappa shape index (κ3) is 7.02. The molecule has 2 heterocycles. The average Bonchev–Trinajstić information content (AvgIpc) is 3.56. The van der Waals surface area contributed by atoms with E-state index in [0.29, 0.717) is 25.3 Å². The number of hydrogen-bond acceptors (Lipinski definition) is 8. The molecule has 12 heteroatoms. The summed E-state index contributed by atoms with van der Waals surface area (Å²) < 4.78 is 11.2. The predicted octanol–water partition coefficient (Wildman–Crippen LogP) is 1.44. The fraction of sp³-hybridized carbons (Fsp3) is 0.419. The summed E-state index contributed by atoms with van der Waals surface area (Å²) in [7, 11) is 0. The van der Waals surface area contributed by atoms with Crippen LogP contribution >= 0.6 is 0 Å². The van der Waals surface area contributed by atoms with E-state index in [1.54, 1.807) is 0 Å². The fourth-order valence-electron chi connectivity index (χ4n) is 5.52. The molecule has 12 nitrogen and oxygen atoms in total. The Morgan fingerprint density at radius 3 is 2.30 bits per heavy atom. The third-order valence-corrected chi connectivity index (χ3v) is 7.73. The second-order valence-electron chi connectivity index (χ2n) is 10.7. The second kappa shape index (κ2) is 13.5. The molecule has 6 amide bonds. The van der Waals surface area contributed by atoms with Gasteiger partial charge in [-0.2, -0.15) is 0 Å². The van der Waals surface area contributed by atoms with Gasteiger partial charge in [-0.25, -0.2) is 0 Å². The highest BCUT2D eigenvalue weighted by atomic mass is 16.5. The van der Waals surface area contributed by atoms with Crippen LogP contribution in [0.2, 0.25) is 0 Å². The van der Waals surface area contributed by atoms with Gasteiger partial charge in [-0.15, -0.1) is 0 Å². The van der Waals surface area contributed by atoms with Gasteiger partial charge in [0, 0.05) is 19.5 Å². The van der Waals surface area contributed by atoms with Gasteiger partial charge < -0.3 is 20.1 Å². The van der Waals surface area contributed by atoms with Crippen LogP contribution in [0.1, 0.15) is 70.4 Å². The van der Waals surface area contributed by atoms with Gasteiger partial charge in [0.25, 0.3) is 23.6 Å². The molecule has 1 aliphatic carbocycles. The summed E-state index contributed by atoms with van der Waals surface area (Å²) in [5.41, 5.74) is 2.72. The lowest BCUT2D eigenvalue weighted by molar-refractivity contribution is -0.136. The van der Waals surface area contributed by atoms with Crippen LogP contribution in [0.25, 0.3) is 0 Å². The first-order valence-electron chi connectivity index (χ1n) is 14.6. The van der Waals surface area contributed by atoms with Crippen molar-refractivity contribution in [2.75, 3.05) is 26.3 Å². The Bertz CT molecular complexity index is 1460. The maximum Gasteiger partial charge on any atom is 0.266 e. The quantitative estimate of drug-likeness (QED) is 0.233. The Labute approximate surface area is 248 Å². The molecule has 1 atom stereocenters. The van der Waals surface area contributed by atoms with Crippen LogP contribution in [-0.4, -0.2) is 72.7 Å². The monoisotopic (exact) mass is 590 g/mol. The molecule has 0 spiro atoms. The van der Waals surface area contributed by atoms with Crippen molar-refractivity contribution in [2.45, 2.75) is 57.4 Å². The van der Waals surface area contributed by atoms with Crippen molar-refractivity contribution < 1.29 is 38.2 Å². The summed E-state index contributed by atoms with van der Waals surface area (Å²) in [4.78, 5) is 75.0. The SMILES string of the molecule is O=C(COc1ccc2c(c1)CCC2)NCCCCCNC(=O)COc1cccc2c1C(=O)N(C1CCC(=O)NC1=O)C2=O. The van der Waals surface area contributed by atoms with Crippen LogP contribution in [0.4, 0.5) is 0 Å². The van der Waals surface area contributed by atoms with E-state index in [-0.39, 0.29) is 48.8 Å². The second-order valence-corrected chi connectivity index (χ2v) is 10.7. The molecule has 43 heavy (non-hydrogen) atoms. The summed E-state index contributed by atoms with van der Waals surface area (Å²) >= 11 is 0. The van der Waals surface area contributed by atoms with Crippen LogP contribution in [0, 0.1) is 0 Å². The maximum absolute atomic E-state index is 13.1. The highest BCUT2D eigenvalue weighted by molar-refractivity contribution is 6.24. The van der Waals surface area contributed by atoms with Gasteiger partial charge >= 0.3 is 0 Å². The van der Waals surface area contributed by atoms with Crippen molar-refractivity contribution in [3.8, 4) is 11.5 Å². The topological polar surface area (TPSA) is 160 Å². The summed E-state index contributed by atoms with van der Waals surface area (Å²) in [6, 6.07) is 9.37. The number of rotatable bonds is 13. The minimum atomic E-state index is -1.09. The number of aryl methyl sites for hydroxylation is 2. The smallest absolute Gasteiger partial charge is 0.266 e. The molecule has 1 saturated heterocycles. The Balaban J connectivity index is 0.973. The number of nitrogens with one attached hydrogen (secondary N) is 3. The van der Waals surface area contributed by atoms with Crippen molar-refractivity contribution in [2.24, 2.45) is 0 Å². The lowest BCUT2D eigenvalue weighted by atomic mass is 10.0. The molecule has 0 radical (unpaired) electrons. The first kappa shape index (κ1) is 29.7. The van der Waals surface area contributed by atoms with Crippen molar-refractivity contribution in [3.63, 3.8) is 0 Å². The molecular weight excluding hydrogens is 556 g/mol. The van der Waals surface area contributed by atoms with Crippen LogP contribution < -0.4 is 25.4 Å². The van der Waals surface area contributed by atoms with E-state index in [1.165, 1.54) is 29.3 Å². The summed E-state index contributed by atoms with van der Waals surface area (Å²) in [5.74, 6) is -2.30. The number of carbonyl (C=O) groups is 6. The predicted molar refractivity (Wildman–Crippen MR) is 152 cm³/mol. The highest BCUT2D eigenvalue weighted by Crippen LogP contribution is 2.33. The molecule has 5 rings (SSSR count). The summed E-state index contributed by atoms with van der Waals surface area (Å²) in [6.45, 7) is 0.515. The Kier molecular flexibility index (Phi) is 9.33. The summed E-state index contributed by atoms with van der Waals surface area (Å²) in [6.07, 6.45) is 5.60. The zero-order valence-corrected chi connectivity index (χ0v) is 23.7. The van der Waals surface area contributed by atoms with Crippen molar-refractivity contribution in [3.05, 3.63) is 58.7 Å². The Morgan fingerprint density at radius 1 is 0.837 bits per heavy atom. The molecule has 0 saturated carbocycles. The molecule has 2 aromatic rings. The molecule has 1 unspecified atom stereocenters. The molecule has 0 aromatic heterocycles. The molecule has 3 aliphatic rings. The van der Waals surface area contributed by atoms with Gasteiger partial charge in [0.1, 0.15) is 17.5 Å². The fourth-order valence-corrected chi connectivity index (χ4v) is 5.52. The van der Waals surface area contributed by atoms with Gasteiger partial charge in [-0.05, 0) is 80.3 Å². The van der Waals surface area contributed by atoms with E-state index < -0.39 is 35.6 Å². The zero-order chi connectivity index (χ0) is 30.3. The molecule has 0 bridgehead atoms. The van der Waals surface area contributed by atoms with Crippen LogP contribution in [0.15, 0.2) is 36.4 Å². The number of nitrogens with zero attached hydrogens (tertiary/aromatic N) is 1. The number of amides is 6. The molecular formula is C31H34N4O8. The maximum atomic E-state index is 13.1. The molecule has 1 fully saturated rings. The minimum Gasteiger partial charge on any atom is -0.484 e. The lowest BCUT2D eigenvalue weighted by Gasteiger charge is -2.27. The molecule has 2 aliphatic heterocycles. The number of fused-ring (bicyclic) bond motifs is 2. The number of piperidine rings is 1. The van der Waals surface area contributed by atoms with Gasteiger partial charge in [0.2, 0.25) is 11.8 Å².